The number of carbonyl (C=O) groups is 1. The molecule has 7 heteroatoms. The molecule has 1 aliphatic heterocycles. The average molecular weight is 287 g/mol. The number of hydrogen-bond donors (Lipinski definition) is 1. The maximum absolute atomic E-state index is 13.2. The molecule has 0 saturated carbocycles. The van der Waals surface area contributed by atoms with Crippen LogP contribution in [0.1, 0.15) is 18.4 Å². The molecule has 0 radical (unpaired) electrons. The Morgan fingerprint density at radius 3 is 2.74 bits per heavy atom. The van der Waals surface area contributed by atoms with E-state index in [-0.39, 0.29) is 17.0 Å². The van der Waals surface area contributed by atoms with Gasteiger partial charge < -0.3 is 5.11 Å². The first kappa shape index (κ1) is 14.0. The Hall–Kier alpha value is -1.47. The number of hydrogen-bond acceptors (Lipinski definition) is 3. The van der Waals surface area contributed by atoms with Gasteiger partial charge in [-0.15, -0.1) is 0 Å². The summed E-state index contributed by atoms with van der Waals surface area (Å²) in [6.07, 6.45) is 0.811. The first-order valence-corrected chi connectivity index (χ1v) is 7.29. The highest BCUT2D eigenvalue weighted by molar-refractivity contribution is 7.89. The van der Waals surface area contributed by atoms with E-state index in [2.05, 4.69) is 0 Å². The van der Waals surface area contributed by atoms with Gasteiger partial charge in [0.15, 0.2) is 0 Å². The average Bonchev–Trinajstić information content (AvgIpc) is 2.82. The van der Waals surface area contributed by atoms with E-state index in [1.165, 1.54) is 13.0 Å². The number of aliphatic carboxylic acids is 1. The first-order valence-electron chi connectivity index (χ1n) is 5.85. The molecule has 19 heavy (non-hydrogen) atoms. The van der Waals surface area contributed by atoms with Crippen LogP contribution >= 0.6 is 0 Å². The van der Waals surface area contributed by atoms with E-state index in [0.29, 0.717) is 12.8 Å². The Bertz CT molecular complexity index is 614. The van der Waals surface area contributed by atoms with E-state index in [4.69, 9.17) is 5.11 Å². The molecule has 0 bridgehead atoms. The van der Waals surface area contributed by atoms with Gasteiger partial charge in [0.2, 0.25) is 10.0 Å². The van der Waals surface area contributed by atoms with E-state index < -0.39 is 27.9 Å². The van der Waals surface area contributed by atoms with E-state index in [9.17, 15) is 17.6 Å². The molecule has 0 aliphatic carbocycles. The molecule has 1 N–H and O–H groups in total. The number of sulfonamides is 1. The predicted octanol–water partition coefficient (Wildman–Crippen LogP) is 1.37. The van der Waals surface area contributed by atoms with Crippen molar-refractivity contribution in [2.24, 2.45) is 0 Å². The molecule has 0 spiro atoms. The molecule has 5 nitrogen and oxygen atoms in total. The lowest BCUT2D eigenvalue weighted by Crippen LogP contribution is -2.40. The maximum Gasteiger partial charge on any atom is 0.322 e. The van der Waals surface area contributed by atoms with E-state index in [0.717, 1.165) is 16.4 Å². The standard InChI is InChI=1S/C12H14FNO4S/c1-8-7-9(4-5-10(8)13)19(17,18)14-6-2-3-11(14)12(15)16/h4-5,7,11H,2-3,6H2,1H3,(H,15,16). The Kier molecular flexibility index (Phi) is 3.60. The summed E-state index contributed by atoms with van der Waals surface area (Å²) < 4.78 is 38.8. The summed E-state index contributed by atoms with van der Waals surface area (Å²) in [4.78, 5) is 11.0. The summed E-state index contributed by atoms with van der Waals surface area (Å²) in [5.74, 6) is -1.64. The first-order chi connectivity index (χ1) is 8.84. The van der Waals surface area contributed by atoms with Gasteiger partial charge in [-0.1, -0.05) is 0 Å². The summed E-state index contributed by atoms with van der Waals surface area (Å²) in [7, 11) is -3.89. The van der Waals surface area contributed by atoms with Crippen LogP contribution in [0.2, 0.25) is 0 Å². The molecular formula is C12H14FNO4S. The van der Waals surface area contributed by atoms with Crippen molar-refractivity contribution in [3.05, 3.63) is 29.6 Å². The molecule has 1 aromatic carbocycles. The summed E-state index contributed by atoms with van der Waals surface area (Å²) >= 11 is 0. The van der Waals surface area contributed by atoms with Gasteiger partial charge in [-0.05, 0) is 43.5 Å². The topological polar surface area (TPSA) is 74.7 Å². The minimum Gasteiger partial charge on any atom is -0.480 e. The molecule has 1 heterocycles. The second kappa shape index (κ2) is 4.90. The van der Waals surface area contributed by atoms with Gasteiger partial charge in [-0.2, -0.15) is 4.31 Å². The Balaban J connectivity index is 2.42. The van der Waals surface area contributed by atoms with Gasteiger partial charge in [0, 0.05) is 6.54 Å². The highest BCUT2D eigenvalue weighted by Gasteiger charge is 2.39. The van der Waals surface area contributed by atoms with E-state index in [1.807, 2.05) is 0 Å². The quantitative estimate of drug-likeness (QED) is 0.911. The smallest absolute Gasteiger partial charge is 0.322 e. The molecule has 2 rings (SSSR count). The summed E-state index contributed by atoms with van der Waals surface area (Å²) in [5, 5.41) is 9.03. The van der Waals surface area contributed by atoms with Crippen molar-refractivity contribution in [2.75, 3.05) is 6.54 Å². The molecule has 1 aromatic rings. The van der Waals surface area contributed by atoms with Crippen LogP contribution in [0.4, 0.5) is 4.39 Å². The van der Waals surface area contributed by atoms with Crippen LogP contribution in [-0.2, 0) is 14.8 Å². The zero-order chi connectivity index (χ0) is 14.2. The predicted molar refractivity (Wildman–Crippen MR) is 65.7 cm³/mol. The van der Waals surface area contributed by atoms with Gasteiger partial charge in [0.1, 0.15) is 11.9 Å². The fraction of sp³-hybridized carbons (Fsp3) is 0.417. The minimum atomic E-state index is -3.89. The molecule has 1 aliphatic rings. The van der Waals surface area contributed by atoms with Crippen molar-refractivity contribution in [2.45, 2.75) is 30.7 Å². The molecule has 0 aromatic heterocycles. The van der Waals surface area contributed by atoms with E-state index >= 15 is 0 Å². The number of aryl methyl sites for hydroxylation is 1. The van der Waals surface area contributed by atoms with Crippen molar-refractivity contribution in [1.29, 1.82) is 0 Å². The molecule has 1 atom stereocenters. The lowest BCUT2D eigenvalue weighted by Gasteiger charge is -2.21. The number of rotatable bonds is 3. The van der Waals surface area contributed by atoms with Crippen LogP contribution in [-0.4, -0.2) is 36.4 Å². The van der Waals surface area contributed by atoms with Crippen LogP contribution in [0.3, 0.4) is 0 Å². The van der Waals surface area contributed by atoms with Crippen LogP contribution in [0, 0.1) is 12.7 Å². The fourth-order valence-electron chi connectivity index (χ4n) is 2.19. The number of nitrogens with zero attached hydrogens (tertiary/aromatic N) is 1. The number of benzene rings is 1. The Labute approximate surface area is 110 Å². The Morgan fingerprint density at radius 1 is 1.47 bits per heavy atom. The zero-order valence-corrected chi connectivity index (χ0v) is 11.2. The van der Waals surface area contributed by atoms with Crippen LogP contribution in [0.5, 0.6) is 0 Å². The Morgan fingerprint density at radius 2 is 2.16 bits per heavy atom. The lowest BCUT2D eigenvalue weighted by atomic mass is 10.2. The lowest BCUT2D eigenvalue weighted by molar-refractivity contribution is -0.140. The number of halogens is 1. The van der Waals surface area contributed by atoms with Gasteiger partial charge in [-0.3, -0.25) is 4.79 Å². The maximum atomic E-state index is 13.2. The third-order valence-corrected chi connectivity index (χ3v) is 5.13. The molecular weight excluding hydrogens is 273 g/mol. The number of carboxylic acids is 1. The van der Waals surface area contributed by atoms with Crippen molar-refractivity contribution >= 4 is 16.0 Å². The SMILES string of the molecule is Cc1cc(S(=O)(=O)N2CCCC2C(=O)O)ccc1F. The van der Waals surface area contributed by atoms with Crippen molar-refractivity contribution in [1.82, 2.24) is 4.31 Å². The summed E-state index contributed by atoms with van der Waals surface area (Å²) in [6.45, 7) is 1.64. The zero-order valence-electron chi connectivity index (χ0n) is 10.3. The fourth-order valence-corrected chi connectivity index (χ4v) is 3.92. The van der Waals surface area contributed by atoms with Crippen LogP contribution < -0.4 is 0 Å². The van der Waals surface area contributed by atoms with Crippen molar-refractivity contribution in [3.63, 3.8) is 0 Å². The largest absolute Gasteiger partial charge is 0.480 e. The van der Waals surface area contributed by atoms with Crippen LogP contribution in [0.25, 0.3) is 0 Å². The summed E-state index contributed by atoms with van der Waals surface area (Å²) in [6, 6.07) is 2.43. The third kappa shape index (κ3) is 2.48. The summed E-state index contributed by atoms with van der Waals surface area (Å²) in [5.41, 5.74) is 0.215. The second-order valence-electron chi connectivity index (χ2n) is 4.52. The highest BCUT2D eigenvalue weighted by Crippen LogP contribution is 2.27. The normalized spacial score (nSPS) is 20.6. The molecule has 104 valence electrons. The number of carboxylic acid groups (broad SMARTS) is 1. The van der Waals surface area contributed by atoms with Crippen LogP contribution in [0.15, 0.2) is 23.1 Å². The minimum absolute atomic E-state index is 0.0699. The van der Waals surface area contributed by atoms with Gasteiger partial charge in [0.25, 0.3) is 0 Å². The van der Waals surface area contributed by atoms with Gasteiger partial charge in [0.05, 0.1) is 4.90 Å². The third-order valence-electron chi connectivity index (χ3n) is 3.22. The monoisotopic (exact) mass is 287 g/mol. The molecule has 1 fully saturated rings. The van der Waals surface area contributed by atoms with Gasteiger partial charge in [-0.25, -0.2) is 12.8 Å². The highest BCUT2D eigenvalue weighted by atomic mass is 32.2. The van der Waals surface area contributed by atoms with E-state index in [1.54, 1.807) is 0 Å². The molecule has 1 unspecified atom stereocenters. The molecule has 1 saturated heterocycles. The van der Waals surface area contributed by atoms with Gasteiger partial charge >= 0.3 is 5.97 Å². The second-order valence-corrected chi connectivity index (χ2v) is 6.41. The molecule has 0 amide bonds. The van der Waals surface area contributed by atoms with Crippen molar-refractivity contribution in [3.8, 4) is 0 Å². The van der Waals surface area contributed by atoms with Crippen molar-refractivity contribution < 1.29 is 22.7 Å².